The third-order valence-electron chi connectivity index (χ3n) is 4.08. The van der Waals surface area contributed by atoms with E-state index in [1.807, 2.05) is 54.6 Å². The highest BCUT2D eigenvalue weighted by Crippen LogP contribution is 2.39. The van der Waals surface area contributed by atoms with Crippen molar-refractivity contribution < 1.29 is 0 Å². The molecule has 2 aromatic heterocycles. The molecule has 0 amide bonds. The molecule has 0 saturated heterocycles. The van der Waals surface area contributed by atoms with Crippen molar-refractivity contribution in [1.82, 2.24) is 4.98 Å². The minimum absolute atomic E-state index is 0.634. The number of thiophene rings is 1. The van der Waals surface area contributed by atoms with E-state index in [-0.39, 0.29) is 0 Å². The quantitative estimate of drug-likeness (QED) is 0.274. The van der Waals surface area contributed by atoms with E-state index >= 15 is 0 Å². The van der Waals surface area contributed by atoms with Gasteiger partial charge in [0.1, 0.15) is 9.83 Å². The van der Waals surface area contributed by atoms with Crippen LogP contribution in [-0.4, -0.2) is 18.1 Å². The highest BCUT2D eigenvalue weighted by atomic mass is 32.1. The van der Waals surface area contributed by atoms with Crippen LogP contribution in [0.25, 0.3) is 9.53 Å². The van der Waals surface area contributed by atoms with Gasteiger partial charge >= 0.3 is 0 Å². The van der Waals surface area contributed by atoms with Crippen molar-refractivity contribution in [2.75, 3.05) is 23.7 Å². The van der Waals surface area contributed by atoms with Gasteiger partial charge in [-0.15, -0.1) is 20.5 Å². The second kappa shape index (κ2) is 9.55. The van der Waals surface area contributed by atoms with E-state index in [1.165, 1.54) is 22.7 Å². The molecule has 2 N–H and O–H groups in total. The smallest absolute Gasteiger partial charge is 0.231 e. The van der Waals surface area contributed by atoms with Gasteiger partial charge in [0, 0.05) is 24.5 Å². The second-order valence-electron chi connectivity index (χ2n) is 6.30. The van der Waals surface area contributed by atoms with E-state index in [2.05, 4.69) is 49.9 Å². The maximum absolute atomic E-state index is 4.54. The third kappa shape index (κ3) is 5.05. The Morgan fingerprint density at radius 2 is 1.30 bits per heavy atom. The lowest BCUT2D eigenvalue weighted by molar-refractivity contribution is 1.20. The lowest BCUT2D eigenvalue weighted by atomic mass is 10.3. The van der Waals surface area contributed by atoms with Crippen LogP contribution in [0.3, 0.4) is 0 Å². The number of azo groups is 2. The van der Waals surface area contributed by atoms with E-state index in [0.717, 1.165) is 50.4 Å². The predicted molar refractivity (Wildman–Crippen MR) is 127 cm³/mol. The molecule has 4 rings (SSSR count). The molecule has 30 heavy (non-hydrogen) atoms. The van der Waals surface area contributed by atoms with Crippen molar-refractivity contribution in [3.63, 3.8) is 0 Å². The molecule has 4 aromatic rings. The van der Waals surface area contributed by atoms with Gasteiger partial charge in [-0.05, 0) is 68.4 Å². The zero-order chi connectivity index (χ0) is 20.8. The van der Waals surface area contributed by atoms with Crippen LogP contribution in [0.4, 0.5) is 32.9 Å². The summed E-state index contributed by atoms with van der Waals surface area (Å²) < 4.78 is 1.04. The lowest BCUT2D eigenvalue weighted by Crippen LogP contribution is -1.94. The van der Waals surface area contributed by atoms with Crippen LogP contribution in [0.5, 0.6) is 0 Å². The largest absolute Gasteiger partial charge is 0.385 e. The number of rotatable bonds is 8. The van der Waals surface area contributed by atoms with Crippen LogP contribution in [0, 0.1) is 0 Å². The summed E-state index contributed by atoms with van der Waals surface area (Å²) in [4.78, 5) is 5.43. The van der Waals surface area contributed by atoms with Crippen molar-refractivity contribution in [3.8, 4) is 0 Å². The summed E-state index contributed by atoms with van der Waals surface area (Å²) in [6.07, 6.45) is 0. The van der Waals surface area contributed by atoms with E-state index in [0.29, 0.717) is 5.13 Å². The van der Waals surface area contributed by atoms with Crippen LogP contribution >= 0.6 is 22.7 Å². The molecule has 0 fully saturated rings. The molecule has 9 heteroatoms. The molecule has 0 saturated carbocycles. The van der Waals surface area contributed by atoms with Crippen molar-refractivity contribution in [2.45, 2.75) is 13.8 Å². The standard InChI is InChI=1S/C21H21N7S2/c1-3-22-14-5-9-16(10-6-14)25-27-19-13-18-20(30-19)24-21(29-18)28-26-17-11-7-15(8-12-17)23-4-2/h5-13,22-23H,3-4H2,1-2H3. The van der Waals surface area contributed by atoms with Gasteiger partial charge in [-0.2, -0.15) is 0 Å². The van der Waals surface area contributed by atoms with Crippen LogP contribution < -0.4 is 10.6 Å². The Kier molecular flexibility index (Phi) is 6.41. The summed E-state index contributed by atoms with van der Waals surface area (Å²) in [7, 11) is 0. The van der Waals surface area contributed by atoms with Gasteiger partial charge in [0.2, 0.25) is 5.13 Å². The van der Waals surface area contributed by atoms with Gasteiger partial charge in [-0.25, -0.2) is 4.98 Å². The molecule has 152 valence electrons. The molecule has 0 aliphatic rings. The first-order valence-electron chi connectivity index (χ1n) is 9.65. The van der Waals surface area contributed by atoms with Crippen LogP contribution in [0.1, 0.15) is 13.8 Å². The van der Waals surface area contributed by atoms with Gasteiger partial charge in [0.15, 0.2) is 0 Å². The SMILES string of the molecule is CCNc1ccc(N=Nc2cc3sc(N=Nc4ccc(NCC)cc4)nc3s2)cc1. The topological polar surface area (TPSA) is 86.4 Å². The van der Waals surface area contributed by atoms with Crippen molar-refractivity contribution in [3.05, 3.63) is 54.6 Å². The molecule has 7 nitrogen and oxygen atoms in total. The van der Waals surface area contributed by atoms with Crippen LogP contribution in [-0.2, 0) is 0 Å². The molecule has 0 aliphatic heterocycles. The minimum Gasteiger partial charge on any atom is -0.385 e. The molecule has 0 aliphatic carbocycles. The van der Waals surface area contributed by atoms with Gasteiger partial charge in [-0.3, -0.25) is 0 Å². The molecular formula is C21H21N7S2. The van der Waals surface area contributed by atoms with Crippen LogP contribution in [0.2, 0.25) is 0 Å². The fourth-order valence-electron chi connectivity index (χ4n) is 2.71. The number of aromatic nitrogens is 1. The number of fused-ring (bicyclic) bond motifs is 1. The van der Waals surface area contributed by atoms with Gasteiger partial charge in [0.25, 0.3) is 0 Å². The average Bonchev–Trinajstić information content (AvgIpc) is 3.32. The number of thiazole rings is 1. The fraction of sp³-hybridized carbons (Fsp3) is 0.190. The Morgan fingerprint density at radius 3 is 1.83 bits per heavy atom. The summed E-state index contributed by atoms with van der Waals surface area (Å²) in [5.41, 5.74) is 3.76. The molecule has 0 spiro atoms. The number of hydrogen-bond acceptors (Lipinski definition) is 9. The summed E-state index contributed by atoms with van der Waals surface area (Å²) in [5, 5.41) is 25.2. The molecule has 0 radical (unpaired) electrons. The normalized spacial score (nSPS) is 11.7. The van der Waals surface area contributed by atoms with Crippen LogP contribution in [0.15, 0.2) is 75.1 Å². The van der Waals surface area contributed by atoms with Crippen molar-refractivity contribution in [1.29, 1.82) is 0 Å². The summed E-state index contributed by atoms with van der Waals surface area (Å²) in [6.45, 7) is 5.92. The monoisotopic (exact) mass is 435 g/mol. The highest BCUT2D eigenvalue weighted by Gasteiger charge is 2.08. The molecular weight excluding hydrogens is 414 g/mol. The van der Waals surface area contributed by atoms with Crippen molar-refractivity contribution >= 4 is 65.1 Å². The maximum atomic E-state index is 4.54. The summed E-state index contributed by atoms with van der Waals surface area (Å²) >= 11 is 2.99. The first kappa shape index (κ1) is 20.1. The van der Waals surface area contributed by atoms with E-state index in [9.17, 15) is 0 Å². The summed E-state index contributed by atoms with van der Waals surface area (Å²) in [6, 6.07) is 17.7. The Hall–Kier alpha value is -3.17. The fourth-order valence-corrected chi connectivity index (χ4v) is 4.56. The average molecular weight is 436 g/mol. The van der Waals surface area contributed by atoms with E-state index in [4.69, 9.17) is 0 Å². The zero-order valence-corrected chi connectivity index (χ0v) is 18.3. The molecule has 2 heterocycles. The second-order valence-corrected chi connectivity index (χ2v) is 8.32. The third-order valence-corrected chi connectivity index (χ3v) is 6.01. The van der Waals surface area contributed by atoms with Gasteiger partial charge in [-0.1, -0.05) is 22.7 Å². The molecule has 0 bridgehead atoms. The minimum atomic E-state index is 0.634. The number of nitrogens with one attached hydrogen (secondary N) is 2. The Balaban J connectivity index is 1.42. The molecule has 2 aromatic carbocycles. The predicted octanol–water partition coefficient (Wildman–Crippen LogP) is 8.05. The van der Waals surface area contributed by atoms with Gasteiger partial charge in [0.05, 0.1) is 16.1 Å². The van der Waals surface area contributed by atoms with Gasteiger partial charge < -0.3 is 10.6 Å². The Bertz CT molecular complexity index is 1040. The maximum Gasteiger partial charge on any atom is 0.231 e. The first-order valence-corrected chi connectivity index (χ1v) is 11.3. The zero-order valence-electron chi connectivity index (χ0n) is 16.7. The van der Waals surface area contributed by atoms with E-state index < -0.39 is 0 Å². The number of hydrogen-bond donors (Lipinski definition) is 2. The number of nitrogens with zero attached hydrogens (tertiary/aromatic N) is 5. The molecule has 0 atom stereocenters. The van der Waals surface area contributed by atoms with Crippen molar-refractivity contribution in [2.24, 2.45) is 20.5 Å². The summed E-state index contributed by atoms with van der Waals surface area (Å²) in [5.74, 6) is 0. The van der Waals surface area contributed by atoms with E-state index in [1.54, 1.807) is 0 Å². The first-order chi connectivity index (χ1) is 14.7. The Morgan fingerprint density at radius 1 is 0.733 bits per heavy atom. The number of benzene rings is 2. The Labute approximate surface area is 182 Å². The lowest BCUT2D eigenvalue weighted by Gasteiger charge is -2.01. The molecule has 0 unspecified atom stereocenters. The number of anilines is 2. The highest BCUT2D eigenvalue weighted by molar-refractivity contribution is 7.30.